The van der Waals surface area contributed by atoms with E-state index < -0.39 is 15.7 Å². The molecule has 9 heteroatoms. The van der Waals surface area contributed by atoms with Crippen molar-refractivity contribution in [1.82, 2.24) is 14.5 Å². The van der Waals surface area contributed by atoms with Crippen LogP contribution in [0.4, 0.5) is 4.39 Å². The van der Waals surface area contributed by atoms with Crippen molar-refractivity contribution in [3.63, 3.8) is 0 Å². The maximum Gasteiger partial charge on any atom is 0.228 e. The summed E-state index contributed by atoms with van der Waals surface area (Å²) in [5, 5.41) is -0.0534. The fraction of sp³-hybridized carbons (Fsp3) is 0.429. The minimum Gasteiger partial charge on any atom is -0.376 e. The molecule has 0 aliphatic carbocycles. The molecule has 0 N–H and O–H groups in total. The van der Waals surface area contributed by atoms with Gasteiger partial charge >= 0.3 is 0 Å². The van der Waals surface area contributed by atoms with Gasteiger partial charge in [0.15, 0.2) is 0 Å². The molecule has 37 heavy (non-hydrogen) atoms. The second kappa shape index (κ2) is 12.0. The van der Waals surface area contributed by atoms with Gasteiger partial charge in [0.25, 0.3) is 0 Å². The van der Waals surface area contributed by atoms with Crippen LogP contribution in [0.1, 0.15) is 43.5 Å². The number of carbonyl (C=O) groups is 1. The Balaban J connectivity index is 1.63. The molecule has 198 valence electrons. The first-order valence-electron chi connectivity index (χ1n) is 12.7. The van der Waals surface area contributed by atoms with Gasteiger partial charge in [-0.3, -0.25) is 4.79 Å². The van der Waals surface area contributed by atoms with Crippen molar-refractivity contribution in [3.05, 3.63) is 83.4 Å². The molecule has 1 aromatic heterocycles. The molecule has 1 atom stereocenters. The number of hydrogen-bond donors (Lipinski definition) is 0. The zero-order chi connectivity index (χ0) is 26.4. The molecule has 1 unspecified atom stereocenters. The molecule has 1 saturated heterocycles. The molecule has 1 amide bonds. The maximum absolute atomic E-state index is 13.4. The SMILES string of the molecule is CC(C)CN(Cc1cnc(S(=O)(=O)Cc2ccc(F)cc2)n1CC1CCCO1)C(=O)Cc1ccccc1. The second-order valence-corrected chi connectivity index (χ2v) is 11.9. The van der Waals surface area contributed by atoms with Crippen LogP contribution >= 0.6 is 0 Å². The highest BCUT2D eigenvalue weighted by Gasteiger charge is 2.28. The fourth-order valence-electron chi connectivity index (χ4n) is 4.59. The van der Waals surface area contributed by atoms with Crippen molar-refractivity contribution in [1.29, 1.82) is 0 Å². The molecule has 4 rings (SSSR count). The Kier molecular flexibility index (Phi) is 8.76. The second-order valence-electron chi connectivity index (χ2n) is 9.99. The Morgan fingerprint density at radius 1 is 1.14 bits per heavy atom. The third-order valence-electron chi connectivity index (χ3n) is 6.35. The molecule has 1 fully saturated rings. The monoisotopic (exact) mass is 527 g/mol. The summed E-state index contributed by atoms with van der Waals surface area (Å²) < 4.78 is 47.7. The lowest BCUT2D eigenvalue weighted by atomic mass is 10.1. The number of nitrogens with zero attached hydrogens (tertiary/aromatic N) is 3. The predicted octanol–water partition coefficient (Wildman–Crippen LogP) is 4.40. The molecular formula is C28H34FN3O4S. The van der Waals surface area contributed by atoms with Gasteiger partial charge < -0.3 is 14.2 Å². The number of benzene rings is 2. The Labute approximate surface area is 218 Å². The van der Waals surface area contributed by atoms with Gasteiger partial charge in [-0.15, -0.1) is 0 Å². The number of sulfone groups is 1. The average Bonchev–Trinajstić information content (AvgIpc) is 3.51. The van der Waals surface area contributed by atoms with E-state index in [0.29, 0.717) is 31.0 Å². The van der Waals surface area contributed by atoms with E-state index in [-0.39, 0.29) is 41.8 Å². The van der Waals surface area contributed by atoms with E-state index in [1.807, 2.05) is 44.2 Å². The van der Waals surface area contributed by atoms with Gasteiger partial charge in [-0.1, -0.05) is 56.3 Å². The number of halogens is 1. The van der Waals surface area contributed by atoms with Gasteiger partial charge in [0, 0.05) is 13.2 Å². The van der Waals surface area contributed by atoms with E-state index in [4.69, 9.17) is 4.74 Å². The van der Waals surface area contributed by atoms with Crippen LogP contribution in [0.2, 0.25) is 0 Å². The molecule has 0 radical (unpaired) electrons. The first kappa shape index (κ1) is 27.0. The van der Waals surface area contributed by atoms with Gasteiger partial charge in [0.2, 0.25) is 20.9 Å². The number of ether oxygens (including phenoxy) is 1. The van der Waals surface area contributed by atoms with E-state index >= 15 is 0 Å². The highest BCUT2D eigenvalue weighted by molar-refractivity contribution is 7.90. The summed E-state index contributed by atoms with van der Waals surface area (Å²) in [7, 11) is -3.83. The van der Waals surface area contributed by atoms with Crippen molar-refractivity contribution in [2.24, 2.45) is 5.92 Å². The molecule has 0 spiro atoms. The van der Waals surface area contributed by atoms with Crippen LogP contribution in [0.3, 0.4) is 0 Å². The Bertz CT molecular complexity index is 1280. The Hall–Kier alpha value is -3.04. The van der Waals surface area contributed by atoms with Crippen molar-refractivity contribution in [2.45, 2.75) is 63.2 Å². The van der Waals surface area contributed by atoms with Crippen LogP contribution < -0.4 is 0 Å². The van der Waals surface area contributed by atoms with E-state index in [1.54, 1.807) is 15.7 Å². The molecular weight excluding hydrogens is 493 g/mol. The van der Waals surface area contributed by atoms with Crippen molar-refractivity contribution in [3.8, 4) is 0 Å². The van der Waals surface area contributed by atoms with Crippen molar-refractivity contribution in [2.75, 3.05) is 13.2 Å². The highest BCUT2D eigenvalue weighted by Crippen LogP contribution is 2.23. The van der Waals surface area contributed by atoms with Crippen LogP contribution in [-0.2, 0) is 44.6 Å². The smallest absolute Gasteiger partial charge is 0.228 e. The molecule has 2 heterocycles. The zero-order valence-corrected chi connectivity index (χ0v) is 22.2. The van der Waals surface area contributed by atoms with Gasteiger partial charge in [-0.05, 0) is 42.0 Å². The lowest BCUT2D eigenvalue weighted by Gasteiger charge is -2.26. The maximum atomic E-state index is 13.4. The summed E-state index contributed by atoms with van der Waals surface area (Å²) >= 11 is 0. The van der Waals surface area contributed by atoms with Crippen LogP contribution in [0.15, 0.2) is 66.0 Å². The molecule has 2 aromatic carbocycles. The molecule has 1 aliphatic rings. The van der Waals surface area contributed by atoms with E-state index in [0.717, 1.165) is 18.4 Å². The largest absolute Gasteiger partial charge is 0.376 e. The molecule has 0 saturated carbocycles. The summed E-state index contributed by atoms with van der Waals surface area (Å²) in [6, 6.07) is 15.0. The van der Waals surface area contributed by atoms with E-state index in [2.05, 4.69) is 4.98 Å². The van der Waals surface area contributed by atoms with Crippen LogP contribution in [0.5, 0.6) is 0 Å². The number of aromatic nitrogens is 2. The summed E-state index contributed by atoms with van der Waals surface area (Å²) in [6.07, 6.45) is 3.45. The highest BCUT2D eigenvalue weighted by atomic mass is 32.2. The molecule has 7 nitrogen and oxygen atoms in total. The Morgan fingerprint density at radius 2 is 1.86 bits per heavy atom. The summed E-state index contributed by atoms with van der Waals surface area (Å²) in [5.74, 6) is -0.511. The molecule has 3 aromatic rings. The lowest BCUT2D eigenvalue weighted by Crippen LogP contribution is -2.36. The molecule has 1 aliphatic heterocycles. The van der Waals surface area contributed by atoms with Gasteiger partial charge in [0.1, 0.15) is 5.82 Å². The van der Waals surface area contributed by atoms with Crippen molar-refractivity contribution < 1.29 is 22.3 Å². The van der Waals surface area contributed by atoms with Gasteiger partial charge in [0.05, 0.1) is 43.3 Å². The molecule has 0 bridgehead atoms. The lowest BCUT2D eigenvalue weighted by molar-refractivity contribution is -0.131. The Morgan fingerprint density at radius 3 is 2.51 bits per heavy atom. The van der Waals surface area contributed by atoms with Gasteiger partial charge in [-0.25, -0.2) is 17.8 Å². The predicted molar refractivity (Wildman–Crippen MR) is 139 cm³/mol. The third kappa shape index (κ3) is 7.26. The summed E-state index contributed by atoms with van der Waals surface area (Å²) in [5.41, 5.74) is 2.06. The summed E-state index contributed by atoms with van der Waals surface area (Å²) in [6.45, 7) is 5.86. The summed E-state index contributed by atoms with van der Waals surface area (Å²) in [4.78, 5) is 19.4. The van der Waals surface area contributed by atoms with Crippen LogP contribution in [0.25, 0.3) is 0 Å². The topological polar surface area (TPSA) is 81.5 Å². The third-order valence-corrected chi connectivity index (χ3v) is 7.94. The van der Waals surface area contributed by atoms with Crippen molar-refractivity contribution >= 4 is 15.7 Å². The standard InChI is InChI=1S/C28H34FN3O4S/c1-21(2)17-31(27(33)15-22-7-4-3-5-8-22)18-25-16-30-28(32(25)19-26-9-6-14-36-26)37(34,35)20-23-10-12-24(29)13-11-23/h3-5,7-8,10-13,16,21,26H,6,9,14-15,17-20H2,1-2H3. The number of amides is 1. The first-order valence-corrected chi connectivity index (χ1v) is 14.3. The minimum absolute atomic E-state index is 0.0273. The van der Waals surface area contributed by atoms with Gasteiger partial charge in [-0.2, -0.15) is 0 Å². The number of hydrogen-bond acceptors (Lipinski definition) is 5. The minimum atomic E-state index is -3.83. The normalized spacial score (nSPS) is 15.8. The quantitative estimate of drug-likeness (QED) is 0.369. The average molecular weight is 528 g/mol. The van der Waals surface area contributed by atoms with E-state index in [9.17, 15) is 17.6 Å². The van der Waals surface area contributed by atoms with Crippen LogP contribution in [-0.4, -0.2) is 48.0 Å². The number of carbonyl (C=O) groups excluding carboxylic acids is 1. The number of rotatable bonds is 11. The number of imidazole rings is 1. The fourth-order valence-corrected chi connectivity index (χ4v) is 6.09. The zero-order valence-electron chi connectivity index (χ0n) is 21.3. The van der Waals surface area contributed by atoms with E-state index in [1.165, 1.54) is 24.3 Å². The first-order chi connectivity index (χ1) is 17.7. The van der Waals surface area contributed by atoms with Crippen LogP contribution in [0, 0.1) is 11.7 Å².